The second-order valence-electron chi connectivity index (χ2n) is 6.99. The quantitative estimate of drug-likeness (QED) is 0.761. The fourth-order valence-electron chi connectivity index (χ4n) is 3.34. The van der Waals surface area contributed by atoms with Crippen molar-refractivity contribution in [3.63, 3.8) is 0 Å². The van der Waals surface area contributed by atoms with Crippen LogP contribution in [-0.4, -0.2) is 52.4 Å². The standard InChI is InChI=1S/C19H28N4O2/c1-15(24)14-23-9-7-17(8-10-23)12-20-13-19-21-18(22-25-19)11-16-5-3-2-4-6-16/h2-6,15,17,20,24H,7-14H2,1H3/t15-/m0/s1. The van der Waals surface area contributed by atoms with Gasteiger partial charge in [-0.2, -0.15) is 4.98 Å². The van der Waals surface area contributed by atoms with Gasteiger partial charge in [0.15, 0.2) is 5.82 Å². The topological polar surface area (TPSA) is 74.4 Å². The summed E-state index contributed by atoms with van der Waals surface area (Å²) < 4.78 is 5.33. The lowest BCUT2D eigenvalue weighted by molar-refractivity contribution is 0.0996. The zero-order valence-corrected chi connectivity index (χ0v) is 14.9. The molecule has 0 amide bonds. The van der Waals surface area contributed by atoms with Crippen LogP contribution in [0.3, 0.4) is 0 Å². The number of benzene rings is 1. The van der Waals surface area contributed by atoms with Crippen LogP contribution in [0.1, 0.15) is 37.0 Å². The van der Waals surface area contributed by atoms with E-state index < -0.39 is 0 Å². The van der Waals surface area contributed by atoms with Gasteiger partial charge in [0.1, 0.15) is 0 Å². The largest absolute Gasteiger partial charge is 0.392 e. The molecular weight excluding hydrogens is 316 g/mol. The molecule has 1 aliphatic heterocycles. The SMILES string of the molecule is C[C@H](O)CN1CCC(CNCc2nc(Cc3ccccc3)no2)CC1. The summed E-state index contributed by atoms with van der Waals surface area (Å²) in [6.45, 7) is 6.36. The molecule has 1 aromatic heterocycles. The van der Waals surface area contributed by atoms with Crippen LogP contribution in [0, 0.1) is 5.92 Å². The van der Waals surface area contributed by atoms with E-state index in [2.05, 4.69) is 32.5 Å². The fraction of sp³-hybridized carbons (Fsp3) is 0.579. The number of piperidine rings is 1. The Bertz CT molecular complexity index is 621. The Kier molecular flexibility index (Phi) is 6.55. The van der Waals surface area contributed by atoms with Crippen LogP contribution in [0.4, 0.5) is 0 Å². The van der Waals surface area contributed by atoms with Gasteiger partial charge < -0.3 is 19.8 Å². The first-order chi connectivity index (χ1) is 12.2. The van der Waals surface area contributed by atoms with E-state index in [0.717, 1.165) is 32.0 Å². The first-order valence-corrected chi connectivity index (χ1v) is 9.15. The van der Waals surface area contributed by atoms with E-state index >= 15 is 0 Å². The highest BCUT2D eigenvalue weighted by Crippen LogP contribution is 2.16. The highest BCUT2D eigenvalue weighted by molar-refractivity contribution is 5.18. The van der Waals surface area contributed by atoms with Crippen molar-refractivity contribution in [3.8, 4) is 0 Å². The molecule has 136 valence electrons. The molecule has 2 heterocycles. The van der Waals surface area contributed by atoms with Crippen molar-refractivity contribution in [1.82, 2.24) is 20.4 Å². The number of likely N-dealkylation sites (tertiary alicyclic amines) is 1. The first-order valence-electron chi connectivity index (χ1n) is 9.15. The third kappa shape index (κ3) is 5.92. The van der Waals surface area contributed by atoms with Crippen LogP contribution in [-0.2, 0) is 13.0 Å². The Balaban J connectivity index is 1.36. The molecule has 0 aliphatic carbocycles. The Hall–Kier alpha value is -1.76. The van der Waals surface area contributed by atoms with E-state index in [0.29, 0.717) is 24.8 Å². The maximum Gasteiger partial charge on any atom is 0.240 e. The lowest BCUT2D eigenvalue weighted by Crippen LogP contribution is -2.40. The summed E-state index contributed by atoms with van der Waals surface area (Å²) in [7, 11) is 0. The fourth-order valence-corrected chi connectivity index (χ4v) is 3.34. The van der Waals surface area contributed by atoms with Gasteiger partial charge in [0.2, 0.25) is 5.89 Å². The molecule has 0 spiro atoms. The van der Waals surface area contributed by atoms with Gasteiger partial charge in [-0.15, -0.1) is 0 Å². The summed E-state index contributed by atoms with van der Waals surface area (Å²) in [5.74, 6) is 2.06. The van der Waals surface area contributed by atoms with Crippen LogP contribution < -0.4 is 5.32 Å². The van der Waals surface area contributed by atoms with Gasteiger partial charge in [-0.3, -0.25) is 0 Å². The van der Waals surface area contributed by atoms with Crippen LogP contribution in [0.25, 0.3) is 0 Å². The van der Waals surface area contributed by atoms with E-state index in [4.69, 9.17) is 4.52 Å². The predicted octanol–water partition coefficient (Wildman–Crippen LogP) is 1.84. The number of aromatic nitrogens is 2. The number of aliphatic hydroxyl groups is 1. The molecule has 0 bridgehead atoms. The van der Waals surface area contributed by atoms with Gasteiger partial charge in [-0.1, -0.05) is 35.5 Å². The van der Waals surface area contributed by atoms with Crippen molar-refractivity contribution in [3.05, 3.63) is 47.6 Å². The summed E-state index contributed by atoms with van der Waals surface area (Å²) in [5, 5.41) is 17.0. The number of nitrogens with one attached hydrogen (secondary N) is 1. The summed E-state index contributed by atoms with van der Waals surface area (Å²) in [6, 6.07) is 10.2. The molecule has 2 aromatic rings. The minimum absolute atomic E-state index is 0.239. The number of aliphatic hydroxyl groups excluding tert-OH is 1. The zero-order chi connectivity index (χ0) is 17.5. The minimum atomic E-state index is -0.239. The molecule has 1 saturated heterocycles. The second kappa shape index (κ2) is 9.08. The van der Waals surface area contributed by atoms with Gasteiger partial charge in [-0.05, 0) is 50.9 Å². The molecule has 3 rings (SSSR count). The maximum atomic E-state index is 9.46. The van der Waals surface area contributed by atoms with Crippen LogP contribution in [0.15, 0.2) is 34.9 Å². The van der Waals surface area contributed by atoms with Crippen molar-refractivity contribution >= 4 is 0 Å². The van der Waals surface area contributed by atoms with Gasteiger partial charge in [0, 0.05) is 13.0 Å². The Labute approximate surface area is 149 Å². The van der Waals surface area contributed by atoms with E-state index in [1.54, 1.807) is 0 Å². The van der Waals surface area contributed by atoms with Gasteiger partial charge >= 0.3 is 0 Å². The average molecular weight is 344 g/mol. The number of hydrogen-bond donors (Lipinski definition) is 2. The monoisotopic (exact) mass is 344 g/mol. The highest BCUT2D eigenvalue weighted by Gasteiger charge is 2.19. The molecule has 1 fully saturated rings. The summed E-state index contributed by atoms with van der Waals surface area (Å²) in [4.78, 5) is 6.80. The third-order valence-corrected chi connectivity index (χ3v) is 4.65. The van der Waals surface area contributed by atoms with Crippen molar-refractivity contribution in [2.45, 2.75) is 38.8 Å². The Morgan fingerprint density at radius 3 is 2.76 bits per heavy atom. The zero-order valence-electron chi connectivity index (χ0n) is 14.9. The van der Waals surface area contributed by atoms with Gasteiger partial charge in [0.25, 0.3) is 0 Å². The number of nitrogens with zero attached hydrogens (tertiary/aromatic N) is 3. The molecule has 1 aromatic carbocycles. The van der Waals surface area contributed by atoms with Crippen molar-refractivity contribution in [1.29, 1.82) is 0 Å². The van der Waals surface area contributed by atoms with Crippen molar-refractivity contribution in [2.75, 3.05) is 26.2 Å². The number of rotatable bonds is 8. The summed E-state index contributed by atoms with van der Waals surface area (Å²) in [5.41, 5.74) is 1.19. The Morgan fingerprint density at radius 1 is 1.28 bits per heavy atom. The Morgan fingerprint density at radius 2 is 2.04 bits per heavy atom. The average Bonchev–Trinajstić information content (AvgIpc) is 3.04. The maximum absolute atomic E-state index is 9.46. The summed E-state index contributed by atoms with van der Waals surface area (Å²) in [6.07, 6.45) is 2.80. The van der Waals surface area contributed by atoms with E-state index in [9.17, 15) is 5.11 Å². The molecule has 25 heavy (non-hydrogen) atoms. The first kappa shape index (κ1) is 18.0. The molecule has 0 radical (unpaired) electrons. The highest BCUT2D eigenvalue weighted by atomic mass is 16.5. The van der Waals surface area contributed by atoms with Crippen molar-refractivity contribution in [2.24, 2.45) is 5.92 Å². The lowest BCUT2D eigenvalue weighted by Gasteiger charge is -2.32. The number of hydrogen-bond acceptors (Lipinski definition) is 6. The van der Waals surface area contributed by atoms with Gasteiger partial charge in [0.05, 0.1) is 12.6 Å². The molecule has 0 saturated carbocycles. The summed E-state index contributed by atoms with van der Waals surface area (Å²) >= 11 is 0. The smallest absolute Gasteiger partial charge is 0.240 e. The molecular formula is C19H28N4O2. The number of β-amino-alcohol motifs (C(OH)–C–C–N with tert-alkyl or cyclic N) is 1. The minimum Gasteiger partial charge on any atom is -0.392 e. The van der Waals surface area contributed by atoms with Crippen LogP contribution in [0.2, 0.25) is 0 Å². The van der Waals surface area contributed by atoms with Crippen LogP contribution >= 0.6 is 0 Å². The second-order valence-corrected chi connectivity index (χ2v) is 6.99. The third-order valence-electron chi connectivity index (χ3n) is 4.65. The molecule has 1 aliphatic rings. The molecule has 0 unspecified atom stereocenters. The van der Waals surface area contributed by atoms with Crippen LogP contribution in [0.5, 0.6) is 0 Å². The van der Waals surface area contributed by atoms with Crippen molar-refractivity contribution < 1.29 is 9.63 Å². The molecule has 2 N–H and O–H groups in total. The van der Waals surface area contributed by atoms with E-state index in [-0.39, 0.29) is 6.10 Å². The lowest BCUT2D eigenvalue weighted by atomic mass is 9.96. The predicted molar refractivity (Wildman–Crippen MR) is 96.1 cm³/mol. The molecule has 6 heteroatoms. The van der Waals surface area contributed by atoms with E-state index in [1.807, 2.05) is 25.1 Å². The van der Waals surface area contributed by atoms with E-state index in [1.165, 1.54) is 18.4 Å². The molecule has 6 nitrogen and oxygen atoms in total. The normalized spacial score (nSPS) is 17.7. The molecule has 1 atom stereocenters. The van der Waals surface area contributed by atoms with Gasteiger partial charge in [-0.25, -0.2) is 0 Å².